The third-order valence-electron chi connectivity index (χ3n) is 2.64. The van der Waals surface area contributed by atoms with Gasteiger partial charge in [-0.15, -0.1) is 0 Å². The standard InChI is InChI=1S/C12H12F3N3O/c1-2-10(19)9-4-3-8(7-16-9)18-6-5-11(17-18)12(13,14)15/h3-7,10,19H,2H2,1H3. The number of nitrogens with zero attached hydrogens (tertiary/aromatic N) is 3. The summed E-state index contributed by atoms with van der Waals surface area (Å²) < 4.78 is 38.3. The monoisotopic (exact) mass is 271 g/mol. The minimum atomic E-state index is -4.46. The van der Waals surface area contributed by atoms with Crippen LogP contribution in [0.15, 0.2) is 30.6 Å². The van der Waals surface area contributed by atoms with Gasteiger partial charge in [-0.05, 0) is 24.6 Å². The van der Waals surface area contributed by atoms with E-state index in [2.05, 4.69) is 10.1 Å². The first-order valence-corrected chi connectivity index (χ1v) is 5.69. The van der Waals surface area contributed by atoms with Crippen LogP contribution >= 0.6 is 0 Å². The lowest BCUT2D eigenvalue weighted by Crippen LogP contribution is -2.07. The third kappa shape index (κ3) is 2.93. The van der Waals surface area contributed by atoms with E-state index in [4.69, 9.17) is 0 Å². The molecule has 0 aliphatic carbocycles. The Balaban J connectivity index is 2.25. The second kappa shape index (κ2) is 5.00. The quantitative estimate of drug-likeness (QED) is 0.933. The van der Waals surface area contributed by atoms with Crippen molar-refractivity contribution in [3.8, 4) is 5.69 Å². The molecule has 7 heteroatoms. The summed E-state index contributed by atoms with van der Waals surface area (Å²) in [5.41, 5.74) is -0.0674. The fourth-order valence-electron chi connectivity index (χ4n) is 1.56. The van der Waals surface area contributed by atoms with Crippen LogP contribution in [0, 0.1) is 0 Å². The van der Waals surface area contributed by atoms with Crippen molar-refractivity contribution in [1.29, 1.82) is 0 Å². The van der Waals surface area contributed by atoms with Crippen molar-refractivity contribution in [1.82, 2.24) is 14.8 Å². The summed E-state index contributed by atoms with van der Waals surface area (Å²) in [6.07, 6.45) is -2.02. The molecule has 1 unspecified atom stereocenters. The Morgan fingerprint density at radius 2 is 2.05 bits per heavy atom. The topological polar surface area (TPSA) is 50.9 Å². The molecule has 2 heterocycles. The molecule has 2 aromatic heterocycles. The van der Waals surface area contributed by atoms with Crippen LogP contribution in [0.4, 0.5) is 13.2 Å². The largest absolute Gasteiger partial charge is 0.435 e. The van der Waals surface area contributed by atoms with Gasteiger partial charge in [0.15, 0.2) is 5.69 Å². The molecule has 2 aromatic rings. The van der Waals surface area contributed by atoms with Gasteiger partial charge in [0.2, 0.25) is 0 Å². The molecule has 0 aromatic carbocycles. The zero-order valence-electron chi connectivity index (χ0n) is 10.1. The summed E-state index contributed by atoms with van der Waals surface area (Å²) >= 11 is 0. The van der Waals surface area contributed by atoms with Crippen molar-refractivity contribution in [2.75, 3.05) is 0 Å². The summed E-state index contributed by atoms with van der Waals surface area (Å²) in [5.74, 6) is 0. The van der Waals surface area contributed by atoms with Crippen molar-refractivity contribution in [2.45, 2.75) is 25.6 Å². The van der Waals surface area contributed by atoms with Gasteiger partial charge in [0.1, 0.15) is 0 Å². The molecule has 0 aliphatic heterocycles. The maximum Gasteiger partial charge on any atom is 0.435 e. The van der Waals surface area contributed by atoms with E-state index in [1.54, 1.807) is 12.1 Å². The summed E-state index contributed by atoms with van der Waals surface area (Å²) in [6, 6.07) is 4.03. The average Bonchev–Trinajstić information content (AvgIpc) is 2.87. The van der Waals surface area contributed by atoms with Crippen molar-refractivity contribution < 1.29 is 18.3 Å². The fourth-order valence-corrected chi connectivity index (χ4v) is 1.56. The number of aliphatic hydroxyl groups is 1. The van der Waals surface area contributed by atoms with Gasteiger partial charge in [0.05, 0.1) is 23.7 Å². The molecule has 0 fully saturated rings. The highest BCUT2D eigenvalue weighted by molar-refractivity contribution is 5.29. The van der Waals surface area contributed by atoms with Crippen molar-refractivity contribution in [2.24, 2.45) is 0 Å². The van der Waals surface area contributed by atoms with Gasteiger partial charge in [0, 0.05) is 6.20 Å². The van der Waals surface area contributed by atoms with E-state index in [1.165, 1.54) is 12.4 Å². The Bertz CT molecular complexity index is 548. The number of hydrogen-bond acceptors (Lipinski definition) is 3. The van der Waals surface area contributed by atoms with Crippen molar-refractivity contribution >= 4 is 0 Å². The molecule has 0 radical (unpaired) electrons. The molecule has 0 saturated heterocycles. The molecule has 0 bridgehead atoms. The van der Waals surface area contributed by atoms with Crippen LogP contribution in [0.25, 0.3) is 5.69 Å². The Labute approximate surface area is 107 Å². The Hall–Kier alpha value is -1.89. The maximum atomic E-state index is 12.4. The number of aliphatic hydroxyl groups excluding tert-OH is 1. The van der Waals surface area contributed by atoms with Gasteiger partial charge < -0.3 is 5.11 Å². The number of pyridine rings is 1. The van der Waals surface area contributed by atoms with Gasteiger partial charge in [-0.1, -0.05) is 6.92 Å². The van der Waals surface area contributed by atoms with Crippen LogP contribution in [0.1, 0.15) is 30.8 Å². The predicted octanol–water partition coefficient (Wildman–Crippen LogP) is 2.73. The van der Waals surface area contributed by atoms with E-state index in [-0.39, 0.29) is 0 Å². The molecule has 19 heavy (non-hydrogen) atoms. The SMILES string of the molecule is CCC(O)c1ccc(-n2ccc(C(F)(F)F)n2)cn1. The first kappa shape index (κ1) is 13.5. The van der Waals surface area contributed by atoms with E-state index in [9.17, 15) is 18.3 Å². The Morgan fingerprint density at radius 3 is 2.53 bits per heavy atom. The molecular formula is C12H12F3N3O. The van der Waals surface area contributed by atoms with Crippen LogP contribution in [0.3, 0.4) is 0 Å². The minimum absolute atomic E-state index is 0.405. The highest BCUT2D eigenvalue weighted by Crippen LogP contribution is 2.27. The number of alkyl halides is 3. The molecule has 0 amide bonds. The lowest BCUT2D eigenvalue weighted by Gasteiger charge is -2.08. The molecule has 102 valence electrons. The van der Waals surface area contributed by atoms with Crippen LogP contribution in [-0.4, -0.2) is 19.9 Å². The molecule has 1 N–H and O–H groups in total. The highest BCUT2D eigenvalue weighted by atomic mass is 19.4. The normalized spacial score (nSPS) is 13.5. The molecule has 0 aliphatic rings. The van der Waals surface area contributed by atoms with Gasteiger partial charge in [-0.25, -0.2) is 4.68 Å². The summed E-state index contributed by atoms with van der Waals surface area (Å²) in [5, 5.41) is 13.0. The van der Waals surface area contributed by atoms with E-state index >= 15 is 0 Å². The minimum Gasteiger partial charge on any atom is -0.387 e. The number of rotatable bonds is 3. The lowest BCUT2D eigenvalue weighted by atomic mass is 10.2. The molecule has 1 atom stereocenters. The first-order chi connectivity index (χ1) is 8.91. The Kier molecular flexibility index (Phi) is 3.57. The van der Waals surface area contributed by atoms with Gasteiger partial charge in [-0.3, -0.25) is 4.98 Å². The van der Waals surface area contributed by atoms with Gasteiger partial charge >= 0.3 is 6.18 Å². The van der Waals surface area contributed by atoms with Gasteiger partial charge in [0.25, 0.3) is 0 Å². The van der Waals surface area contributed by atoms with Crippen LogP contribution in [-0.2, 0) is 6.18 Å². The zero-order chi connectivity index (χ0) is 14.0. The average molecular weight is 271 g/mol. The fraction of sp³-hybridized carbons (Fsp3) is 0.333. The van der Waals surface area contributed by atoms with Crippen LogP contribution < -0.4 is 0 Å². The highest BCUT2D eigenvalue weighted by Gasteiger charge is 2.33. The van der Waals surface area contributed by atoms with E-state index in [0.717, 1.165) is 10.7 Å². The van der Waals surface area contributed by atoms with E-state index < -0.39 is 18.0 Å². The molecule has 2 rings (SSSR count). The number of halogens is 3. The van der Waals surface area contributed by atoms with Gasteiger partial charge in [-0.2, -0.15) is 18.3 Å². The predicted molar refractivity (Wildman–Crippen MR) is 61.6 cm³/mol. The third-order valence-corrected chi connectivity index (χ3v) is 2.64. The van der Waals surface area contributed by atoms with Crippen molar-refractivity contribution in [3.63, 3.8) is 0 Å². The zero-order valence-corrected chi connectivity index (χ0v) is 10.1. The van der Waals surface area contributed by atoms with Crippen molar-refractivity contribution in [3.05, 3.63) is 42.0 Å². The summed E-state index contributed by atoms with van der Waals surface area (Å²) in [7, 11) is 0. The van der Waals surface area contributed by atoms with E-state index in [0.29, 0.717) is 17.8 Å². The molecular weight excluding hydrogens is 259 g/mol. The van der Waals surface area contributed by atoms with Crippen LogP contribution in [0.2, 0.25) is 0 Å². The lowest BCUT2D eigenvalue weighted by molar-refractivity contribution is -0.141. The summed E-state index contributed by atoms with van der Waals surface area (Å²) in [6.45, 7) is 1.81. The van der Waals surface area contributed by atoms with Crippen LogP contribution in [0.5, 0.6) is 0 Å². The maximum absolute atomic E-state index is 12.4. The Morgan fingerprint density at radius 1 is 1.32 bits per heavy atom. The number of hydrogen-bond donors (Lipinski definition) is 1. The van der Waals surface area contributed by atoms with E-state index in [1.807, 2.05) is 6.92 Å². The number of aromatic nitrogens is 3. The molecule has 4 nitrogen and oxygen atoms in total. The molecule has 0 saturated carbocycles. The molecule has 0 spiro atoms. The second-order valence-corrected chi connectivity index (χ2v) is 4.01. The summed E-state index contributed by atoms with van der Waals surface area (Å²) in [4.78, 5) is 4.01. The smallest absolute Gasteiger partial charge is 0.387 e. The second-order valence-electron chi connectivity index (χ2n) is 4.01. The first-order valence-electron chi connectivity index (χ1n) is 5.69.